The van der Waals surface area contributed by atoms with Gasteiger partial charge in [-0.15, -0.1) is 0 Å². The van der Waals surface area contributed by atoms with Crippen LogP contribution in [0.15, 0.2) is 53.8 Å². The Morgan fingerprint density at radius 1 is 1.36 bits per heavy atom. The lowest BCUT2D eigenvalue weighted by molar-refractivity contribution is 0.476. The zero-order valence-electron chi connectivity index (χ0n) is 18.8. The Morgan fingerprint density at radius 2 is 2.18 bits per heavy atom. The number of anilines is 1. The third-order valence-corrected chi connectivity index (χ3v) is 5.34. The Labute approximate surface area is 190 Å². The number of phenolic OH excluding ortho intramolecular Hbond substituents is 1. The monoisotopic (exact) mass is 447 g/mol. The van der Waals surface area contributed by atoms with Crippen molar-refractivity contribution in [2.45, 2.75) is 33.2 Å². The Morgan fingerprint density at radius 3 is 2.94 bits per heavy atom. The maximum absolute atomic E-state index is 14.0. The van der Waals surface area contributed by atoms with Gasteiger partial charge in [0, 0.05) is 35.8 Å². The normalized spacial score (nSPS) is 12.8. The minimum Gasteiger partial charge on any atom is -0.508 e. The molecule has 9 heteroatoms. The first-order chi connectivity index (χ1) is 15.9. The molecule has 170 valence electrons. The van der Waals surface area contributed by atoms with Gasteiger partial charge in [-0.05, 0) is 63.3 Å². The summed E-state index contributed by atoms with van der Waals surface area (Å²) in [5.41, 5.74) is 3.91. The SMILES string of the molecule is C=N/C=C(F)\C=C(/C)c1nc(NCCc2c[nH]c3cc(O)ccc23)c2ncn(C(C)C)c2n1. The molecule has 8 nitrogen and oxygen atoms in total. The van der Waals surface area contributed by atoms with Gasteiger partial charge in [0.1, 0.15) is 17.1 Å². The molecule has 4 rings (SSSR count). The average molecular weight is 448 g/mol. The van der Waals surface area contributed by atoms with Gasteiger partial charge in [0.25, 0.3) is 0 Å². The van der Waals surface area contributed by atoms with Crippen molar-refractivity contribution in [2.24, 2.45) is 4.99 Å². The summed E-state index contributed by atoms with van der Waals surface area (Å²) < 4.78 is 15.9. The van der Waals surface area contributed by atoms with Crippen LogP contribution in [0.1, 0.15) is 38.2 Å². The summed E-state index contributed by atoms with van der Waals surface area (Å²) in [6.45, 7) is 9.72. The molecule has 0 fully saturated rings. The van der Waals surface area contributed by atoms with Gasteiger partial charge in [-0.2, -0.15) is 0 Å². The fraction of sp³-hybridized carbons (Fsp3) is 0.250. The third kappa shape index (κ3) is 4.62. The highest BCUT2D eigenvalue weighted by atomic mass is 19.1. The van der Waals surface area contributed by atoms with Crippen LogP contribution < -0.4 is 5.32 Å². The largest absolute Gasteiger partial charge is 0.508 e. The van der Waals surface area contributed by atoms with Crippen molar-refractivity contribution in [2.75, 3.05) is 11.9 Å². The number of hydrogen-bond acceptors (Lipinski definition) is 6. The average Bonchev–Trinajstić information content (AvgIpc) is 3.37. The molecule has 0 saturated heterocycles. The molecule has 33 heavy (non-hydrogen) atoms. The van der Waals surface area contributed by atoms with E-state index in [0.29, 0.717) is 34.9 Å². The van der Waals surface area contributed by atoms with E-state index in [9.17, 15) is 9.50 Å². The molecular formula is C24H26FN7O. The van der Waals surface area contributed by atoms with Crippen LogP contribution in [0.2, 0.25) is 0 Å². The standard InChI is InChI=1S/C24H26FN7O/c1-14(2)32-13-29-21-23(30-22(31-24(21)32)15(3)9-17(25)12-26-4)27-8-7-16-11-28-20-10-18(33)5-6-19(16)20/h5-6,9-14,28,33H,4,7-8H2,1-3H3,(H,27,30,31)/b15-9+,17-12+. The van der Waals surface area contributed by atoms with Gasteiger partial charge < -0.3 is 20.0 Å². The fourth-order valence-corrected chi connectivity index (χ4v) is 3.69. The number of nitrogens with zero attached hydrogens (tertiary/aromatic N) is 5. The zero-order chi connectivity index (χ0) is 23.5. The van der Waals surface area contributed by atoms with Gasteiger partial charge in [0.15, 0.2) is 17.3 Å². The number of aromatic hydroxyl groups is 1. The van der Waals surface area contributed by atoms with Gasteiger partial charge in [0.2, 0.25) is 0 Å². The van der Waals surface area contributed by atoms with E-state index in [-0.39, 0.29) is 11.8 Å². The van der Waals surface area contributed by atoms with E-state index in [2.05, 4.69) is 37.0 Å². The summed E-state index contributed by atoms with van der Waals surface area (Å²) in [5, 5.41) is 14.1. The molecule has 3 aromatic heterocycles. The number of phenols is 1. The lowest BCUT2D eigenvalue weighted by Gasteiger charge is -2.11. The van der Waals surface area contributed by atoms with Crippen molar-refractivity contribution in [1.29, 1.82) is 0 Å². The number of benzene rings is 1. The first kappa shape index (κ1) is 22.2. The van der Waals surface area contributed by atoms with E-state index in [1.165, 1.54) is 6.08 Å². The van der Waals surface area contributed by atoms with Crippen LogP contribution >= 0.6 is 0 Å². The number of rotatable bonds is 8. The number of H-pyrrole nitrogens is 1. The maximum Gasteiger partial charge on any atom is 0.166 e. The summed E-state index contributed by atoms with van der Waals surface area (Å²) in [6, 6.07) is 5.43. The van der Waals surface area contributed by atoms with Crippen LogP contribution in [0.25, 0.3) is 27.6 Å². The quantitative estimate of drug-likeness (QED) is 0.256. The molecule has 0 spiro atoms. The van der Waals surface area contributed by atoms with Gasteiger partial charge in [0.05, 0.1) is 12.5 Å². The summed E-state index contributed by atoms with van der Waals surface area (Å²) in [5.74, 6) is 0.696. The minimum atomic E-state index is -0.525. The van der Waals surface area contributed by atoms with E-state index in [1.807, 2.05) is 30.7 Å². The second-order valence-corrected chi connectivity index (χ2v) is 8.06. The summed E-state index contributed by atoms with van der Waals surface area (Å²) in [6.07, 6.45) is 6.79. The molecule has 0 radical (unpaired) electrons. The third-order valence-electron chi connectivity index (χ3n) is 5.34. The lowest BCUT2D eigenvalue weighted by atomic mass is 10.1. The van der Waals surface area contributed by atoms with Crippen molar-refractivity contribution >= 4 is 40.2 Å². The predicted octanol–water partition coefficient (Wildman–Crippen LogP) is 5.16. The number of aliphatic imine (C=N–C) groups is 1. The second kappa shape index (κ2) is 9.23. The van der Waals surface area contributed by atoms with E-state index in [0.717, 1.165) is 29.1 Å². The van der Waals surface area contributed by atoms with Crippen molar-refractivity contribution in [3.63, 3.8) is 0 Å². The van der Waals surface area contributed by atoms with Crippen LogP contribution in [-0.4, -0.2) is 42.9 Å². The first-order valence-electron chi connectivity index (χ1n) is 10.6. The molecule has 0 aliphatic heterocycles. The van der Waals surface area contributed by atoms with Gasteiger partial charge in [-0.1, -0.05) is 0 Å². The van der Waals surface area contributed by atoms with Gasteiger partial charge >= 0.3 is 0 Å². The van der Waals surface area contributed by atoms with E-state index >= 15 is 0 Å². The summed E-state index contributed by atoms with van der Waals surface area (Å²) >= 11 is 0. The molecule has 0 atom stereocenters. The summed E-state index contributed by atoms with van der Waals surface area (Å²) in [4.78, 5) is 20.4. The Hall–Kier alpha value is -4.01. The van der Waals surface area contributed by atoms with Crippen molar-refractivity contribution in [3.05, 3.63) is 60.2 Å². The highest BCUT2D eigenvalue weighted by molar-refractivity contribution is 5.86. The highest BCUT2D eigenvalue weighted by Gasteiger charge is 2.16. The minimum absolute atomic E-state index is 0.152. The predicted molar refractivity (Wildman–Crippen MR) is 130 cm³/mol. The van der Waals surface area contributed by atoms with Crippen LogP contribution in [0, 0.1) is 0 Å². The number of nitrogens with one attached hydrogen (secondary N) is 2. The zero-order valence-corrected chi connectivity index (χ0v) is 18.8. The molecule has 0 aliphatic carbocycles. The first-order valence-corrected chi connectivity index (χ1v) is 10.6. The number of imidazole rings is 1. The molecule has 1 aromatic carbocycles. The van der Waals surface area contributed by atoms with Crippen LogP contribution in [0.4, 0.5) is 10.2 Å². The Bertz CT molecular complexity index is 1380. The van der Waals surface area contributed by atoms with E-state index in [4.69, 9.17) is 0 Å². The topological polar surface area (TPSA) is 104 Å². The molecule has 0 saturated carbocycles. The number of aromatic nitrogens is 5. The van der Waals surface area contributed by atoms with Crippen LogP contribution in [0.3, 0.4) is 0 Å². The van der Waals surface area contributed by atoms with Crippen LogP contribution in [0.5, 0.6) is 5.75 Å². The summed E-state index contributed by atoms with van der Waals surface area (Å²) in [7, 11) is 0. The molecule has 0 bridgehead atoms. The Kier molecular flexibility index (Phi) is 6.21. The number of halogens is 1. The molecule has 4 aromatic rings. The van der Waals surface area contributed by atoms with Crippen molar-refractivity contribution in [3.8, 4) is 5.75 Å². The fourth-order valence-electron chi connectivity index (χ4n) is 3.69. The molecular weight excluding hydrogens is 421 g/mol. The highest BCUT2D eigenvalue weighted by Crippen LogP contribution is 2.26. The van der Waals surface area contributed by atoms with Gasteiger partial charge in [-0.25, -0.2) is 19.3 Å². The molecule has 0 amide bonds. The molecule has 0 aliphatic rings. The lowest BCUT2D eigenvalue weighted by Crippen LogP contribution is -2.09. The molecule has 0 unspecified atom stereocenters. The second-order valence-electron chi connectivity index (χ2n) is 8.06. The van der Waals surface area contributed by atoms with Crippen LogP contribution in [-0.2, 0) is 6.42 Å². The maximum atomic E-state index is 14.0. The molecule has 3 N–H and O–H groups in total. The van der Waals surface area contributed by atoms with Crippen molar-refractivity contribution in [1.82, 2.24) is 24.5 Å². The van der Waals surface area contributed by atoms with E-state index < -0.39 is 5.83 Å². The Balaban J connectivity index is 1.65. The molecule has 3 heterocycles. The van der Waals surface area contributed by atoms with Gasteiger partial charge in [-0.3, -0.25) is 4.99 Å². The smallest absolute Gasteiger partial charge is 0.166 e. The number of aromatic amines is 1. The van der Waals surface area contributed by atoms with E-state index in [1.54, 1.807) is 25.4 Å². The number of hydrogen-bond donors (Lipinski definition) is 3. The number of allylic oxidation sites excluding steroid dienone is 3. The number of fused-ring (bicyclic) bond motifs is 2. The van der Waals surface area contributed by atoms with Crippen molar-refractivity contribution < 1.29 is 9.50 Å².